The van der Waals surface area contributed by atoms with Gasteiger partial charge in [-0.05, 0) is 42.0 Å². The molecule has 0 heterocycles. The van der Waals surface area contributed by atoms with Crippen LogP contribution in [0.3, 0.4) is 0 Å². The Hall–Kier alpha value is -3.95. The molecule has 0 saturated carbocycles. The van der Waals surface area contributed by atoms with E-state index in [2.05, 4.69) is 19.5 Å². The molecule has 8 nitrogen and oxygen atoms in total. The maximum atomic E-state index is 12.4. The number of hydrogen-bond donors (Lipinski definition) is 1. The molecule has 0 aliphatic heterocycles. The molecule has 2 aromatic carbocycles. The van der Waals surface area contributed by atoms with Gasteiger partial charge in [0.25, 0.3) is 0 Å². The lowest BCUT2D eigenvalue weighted by molar-refractivity contribution is -0.111. The highest BCUT2D eigenvalue weighted by molar-refractivity contribution is 6.04. The van der Waals surface area contributed by atoms with E-state index >= 15 is 0 Å². The minimum atomic E-state index is -3.00. The molecule has 0 saturated heterocycles. The van der Waals surface area contributed by atoms with Crippen LogP contribution in [0.25, 0.3) is 6.08 Å². The first-order valence-corrected chi connectivity index (χ1v) is 8.71. The van der Waals surface area contributed by atoms with Crippen LogP contribution in [0, 0.1) is 0 Å². The highest BCUT2D eigenvalue weighted by atomic mass is 19.3. The monoisotopic (exact) mass is 435 g/mol. The SMILES string of the molecule is COC(=O)c1cc(NC(=O)/C=C/c2ccc(OC(F)F)c(OC)c2)cc(C(=O)OC)c1. The minimum absolute atomic E-state index is 0.0454. The van der Waals surface area contributed by atoms with Gasteiger partial charge in [-0.25, -0.2) is 9.59 Å². The topological polar surface area (TPSA) is 100 Å². The molecule has 2 aromatic rings. The van der Waals surface area contributed by atoms with Gasteiger partial charge >= 0.3 is 18.6 Å². The predicted molar refractivity (Wildman–Crippen MR) is 106 cm³/mol. The Balaban J connectivity index is 2.20. The zero-order valence-electron chi connectivity index (χ0n) is 16.8. The highest BCUT2D eigenvalue weighted by Crippen LogP contribution is 2.29. The van der Waals surface area contributed by atoms with Gasteiger partial charge in [0.1, 0.15) is 0 Å². The average Bonchev–Trinajstić information content (AvgIpc) is 2.76. The number of hydrogen-bond acceptors (Lipinski definition) is 7. The summed E-state index contributed by atoms with van der Waals surface area (Å²) >= 11 is 0. The molecule has 0 fully saturated rings. The summed E-state index contributed by atoms with van der Waals surface area (Å²) in [7, 11) is 3.65. The number of carbonyl (C=O) groups excluding carboxylic acids is 3. The van der Waals surface area contributed by atoms with Crippen LogP contribution in [-0.2, 0) is 14.3 Å². The average molecular weight is 435 g/mol. The lowest BCUT2D eigenvalue weighted by Gasteiger charge is -2.10. The molecule has 0 aliphatic rings. The van der Waals surface area contributed by atoms with Crippen molar-refractivity contribution >= 4 is 29.6 Å². The van der Waals surface area contributed by atoms with Crippen LogP contribution in [0.5, 0.6) is 11.5 Å². The number of carbonyl (C=O) groups is 3. The molecule has 0 radical (unpaired) electrons. The van der Waals surface area contributed by atoms with Crippen LogP contribution in [0.2, 0.25) is 0 Å². The number of nitrogens with one attached hydrogen (secondary N) is 1. The number of halogens is 2. The summed E-state index contributed by atoms with van der Waals surface area (Å²) in [5, 5.41) is 2.52. The van der Waals surface area contributed by atoms with Crippen LogP contribution >= 0.6 is 0 Å². The second kappa shape index (κ2) is 10.7. The Kier molecular flexibility index (Phi) is 8.07. The third-order valence-electron chi connectivity index (χ3n) is 3.87. The summed E-state index contributed by atoms with van der Waals surface area (Å²) in [6, 6.07) is 8.10. The molecule has 0 atom stereocenters. The first-order chi connectivity index (χ1) is 14.8. The molecule has 0 unspecified atom stereocenters. The van der Waals surface area contributed by atoms with E-state index in [0.29, 0.717) is 5.56 Å². The first kappa shape index (κ1) is 23.3. The van der Waals surface area contributed by atoms with Crippen molar-refractivity contribution in [3.63, 3.8) is 0 Å². The largest absolute Gasteiger partial charge is 0.493 e. The highest BCUT2D eigenvalue weighted by Gasteiger charge is 2.15. The van der Waals surface area contributed by atoms with Crippen LogP contribution in [0.4, 0.5) is 14.5 Å². The van der Waals surface area contributed by atoms with E-state index in [-0.39, 0.29) is 28.3 Å². The molecule has 1 amide bonds. The Labute approximate surface area is 176 Å². The Morgan fingerprint density at radius 3 is 2.03 bits per heavy atom. The van der Waals surface area contributed by atoms with Crippen molar-refractivity contribution in [3.05, 3.63) is 59.2 Å². The number of methoxy groups -OCH3 is 3. The molecule has 2 rings (SSSR count). The Bertz CT molecular complexity index is 971. The molecular formula is C21H19F2NO7. The number of amides is 1. The van der Waals surface area contributed by atoms with Gasteiger partial charge in [-0.15, -0.1) is 0 Å². The molecule has 0 aromatic heterocycles. The van der Waals surface area contributed by atoms with Crippen LogP contribution in [0.15, 0.2) is 42.5 Å². The third kappa shape index (κ3) is 6.53. The molecule has 0 aliphatic carbocycles. The molecule has 31 heavy (non-hydrogen) atoms. The van der Waals surface area contributed by atoms with Gasteiger partial charge in [0.2, 0.25) is 5.91 Å². The van der Waals surface area contributed by atoms with Crippen LogP contribution in [-0.4, -0.2) is 45.8 Å². The van der Waals surface area contributed by atoms with Gasteiger partial charge < -0.3 is 24.3 Å². The predicted octanol–water partition coefficient (Wildman–Crippen LogP) is 3.52. The van der Waals surface area contributed by atoms with Gasteiger partial charge in [0, 0.05) is 11.8 Å². The standard InChI is InChI=1S/C21H19F2NO7/c1-28-17-8-12(4-6-16(17)31-21(22)23)5-7-18(25)24-15-10-13(19(26)29-2)9-14(11-15)20(27)30-3/h4-11,21H,1-3H3,(H,24,25)/b7-5+. The summed E-state index contributed by atoms with van der Waals surface area (Å²) in [6.07, 6.45) is 2.58. The minimum Gasteiger partial charge on any atom is -0.493 e. The fraction of sp³-hybridized carbons (Fsp3) is 0.190. The maximum absolute atomic E-state index is 12.4. The van der Waals surface area contributed by atoms with Crippen molar-refractivity contribution in [3.8, 4) is 11.5 Å². The zero-order valence-corrected chi connectivity index (χ0v) is 16.8. The fourth-order valence-electron chi connectivity index (χ4n) is 2.51. The zero-order chi connectivity index (χ0) is 23.0. The van der Waals surface area contributed by atoms with Crippen molar-refractivity contribution in [1.29, 1.82) is 0 Å². The van der Waals surface area contributed by atoms with E-state index in [1.54, 1.807) is 0 Å². The Morgan fingerprint density at radius 2 is 1.52 bits per heavy atom. The second-order valence-corrected chi connectivity index (χ2v) is 5.89. The quantitative estimate of drug-likeness (QED) is 0.500. The van der Waals surface area contributed by atoms with Crippen molar-refractivity contribution in [2.45, 2.75) is 6.61 Å². The number of alkyl halides is 2. The fourth-order valence-corrected chi connectivity index (χ4v) is 2.51. The van der Waals surface area contributed by atoms with E-state index in [4.69, 9.17) is 4.74 Å². The van der Waals surface area contributed by atoms with Gasteiger partial charge in [0.15, 0.2) is 11.5 Å². The summed E-state index contributed by atoms with van der Waals surface area (Å²) in [4.78, 5) is 35.9. The summed E-state index contributed by atoms with van der Waals surface area (Å²) in [5.74, 6) is -2.06. The first-order valence-electron chi connectivity index (χ1n) is 8.71. The molecular weight excluding hydrogens is 416 g/mol. The van der Waals surface area contributed by atoms with Gasteiger partial charge in [-0.2, -0.15) is 8.78 Å². The second-order valence-electron chi connectivity index (χ2n) is 5.89. The van der Waals surface area contributed by atoms with E-state index in [1.807, 2.05) is 0 Å². The Morgan fingerprint density at radius 1 is 0.903 bits per heavy atom. The number of benzene rings is 2. The lowest BCUT2D eigenvalue weighted by Crippen LogP contribution is -2.12. The molecule has 0 spiro atoms. The summed E-state index contributed by atoms with van der Waals surface area (Å²) < 4.78 is 43.4. The third-order valence-corrected chi connectivity index (χ3v) is 3.87. The normalized spacial score (nSPS) is 10.6. The van der Waals surface area contributed by atoms with E-state index in [0.717, 1.165) is 0 Å². The molecule has 1 N–H and O–H groups in total. The smallest absolute Gasteiger partial charge is 0.387 e. The van der Waals surface area contributed by atoms with E-state index in [9.17, 15) is 23.2 Å². The number of anilines is 1. The van der Waals surface area contributed by atoms with Crippen molar-refractivity contribution in [2.75, 3.05) is 26.6 Å². The number of esters is 2. The van der Waals surface area contributed by atoms with Crippen LogP contribution in [0.1, 0.15) is 26.3 Å². The van der Waals surface area contributed by atoms with Crippen LogP contribution < -0.4 is 14.8 Å². The summed E-state index contributed by atoms with van der Waals surface area (Å²) in [6.45, 7) is -3.00. The number of rotatable bonds is 8. The summed E-state index contributed by atoms with van der Waals surface area (Å²) in [5.41, 5.74) is 0.733. The van der Waals surface area contributed by atoms with Crippen molar-refractivity contribution < 1.29 is 42.1 Å². The lowest BCUT2D eigenvalue weighted by atomic mass is 10.1. The maximum Gasteiger partial charge on any atom is 0.387 e. The van der Waals surface area contributed by atoms with Crippen molar-refractivity contribution in [1.82, 2.24) is 0 Å². The number of ether oxygens (including phenoxy) is 4. The molecule has 10 heteroatoms. The van der Waals surface area contributed by atoms with Gasteiger partial charge in [-0.1, -0.05) is 6.07 Å². The van der Waals surface area contributed by atoms with Gasteiger partial charge in [-0.3, -0.25) is 4.79 Å². The van der Waals surface area contributed by atoms with E-state index < -0.39 is 24.5 Å². The van der Waals surface area contributed by atoms with E-state index in [1.165, 1.54) is 69.9 Å². The van der Waals surface area contributed by atoms with Crippen molar-refractivity contribution in [2.24, 2.45) is 0 Å². The molecule has 0 bridgehead atoms. The van der Waals surface area contributed by atoms with Gasteiger partial charge in [0.05, 0.1) is 32.5 Å². The molecule has 164 valence electrons.